The quantitative estimate of drug-likeness (QED) is 0.851. The van der Waals surface area contributed by atoms with Crippen LogP contribution in [0, 0.1) is 13.8 Å². The van der Waals surface area contributed by atoms with Crippen LogP contribution in [0.5, 0.6) is 5.75 Å². The van der Waals surface area contributed by atoms with Gasteiger partial charge in [0.25, 0.3) is 10.0 Å². The standard InChI is InChI=1S/C15H18N2O3S/c1-10-4-5-12(9-14(10)16)17-21(18,19)15-7-6-13(20-3)8-11(15)2/h4-9,17H,16H2,1-3H3. The van der Waals surface area contributed by atoms with Crippen molar-refractivity contribution in [3.05, 3.63) is 47.5 Å². The number of anilines is 2. The molecule has 2 rings (SSSR count). The van der Waals surface area contributed by atoms with Gasteiger partial charge in [0.15, 0.2) is 0 Å². The molecule has 0 heterocycles. The number of nitrogen functional groups attached to an aromatic ring is 1. The predicted octanol–water partition coefficient (Wildman–Crippen LogP) is 2.70. The molecule has 3 N–H and O–H groups in total. The van der Waals surface area contributed by atoms with Crippen molar-refractivity contribution >= 4 is 21.4 Å². The number of methoxy groups -OCH3 is 1. The molecule has 0 saturated carbocycles. The van der Waals surface area contributed by atoms with Gasteiger partial charge in [-0.25, -0.2) is 8.42 Å². The lowest BCUT2D eigenvalue weighted by Gasteiger charge is -2.12. The highest BCUT2D eigenvalue weighted by atomic mass is 32.2. The highest BCUT2D eigenvalue weighted by Crippen LogP contribution is 2.24. The van der Waals surface area contributed by atoms with Crippen molar-refractivity contribution in [1.29, 1.82) is 0 Å². The van der Waals surface area contributed by atoms with Crippen molar-refractivity contribution in [3.8, 4) is 5.75 Å². The fourth-order valence-electron chi connectivity index (χ4n) is 1.96. The van der Waals surface area contributed by atoms with E-state index in [-0.39, 0.29) is 4.90 Å². The van der Waals surface area contributed by atoms with Crippen LogP contribution < -0.4 is 15.2 Å². The number of sulfonamides is 1. The molecule has 0 amide bonds. The van der Waals surface area contributed by atoms with Gasteiger partial charge in [0.05, 0.1) is 17.7 Å². The molecule has 0 unspecified atom stereocenters. The summed E-state index contributed by atoms with van der Waals surface area (Å²) in [5.41, 5.74) is 8.29. The van der Waals surface area contributed by atoms with Crippen LogP contribution in [0.3, 0.4) is 0 Å². The number of ether oxygens (including phenoxy) is 1. The SMILES string of the molecule is COc1ccc(S(=O)(=O)Nc2ccc(C)c(N)c2)c(C)c1. The molecule has 112 valence electrons. The third kappa shape index (κ3) is 3.28. The van der Waals surface area contributed by atoms with Crippen LogP contribution >= 0.6 is 0 Å². The van der Waals surface area contributed by atoms with Gasteiger partial charge >= 0.3 is 0 Å². The van der Waals surface area contributed by atoms with Crippen molar-refractivity contribution in [3.63, 3.8) is 0 Å². The zero-order valence-electron chi connectivity index (χ0n) is 12.2. The highest BCUT2D eigenvalue weighted by molar-refractivity contribution is 7.92. The number of hydrogen-bond acceptors (Lipinski definition) is 4. The van der Waals surface area contributed by atoms with Crippen molar-refractivity contribution in [2.24, 2.45) is 0 Å². The first kappa shape index (κ1) is 15.2. The third-order valence-electron chi connectivity index (χ3n) is 3.20. The van der Waals surface area contributed by atoms with E-state index in [1.165, 1.54) is 13.2 Å². The average Bonchev–Trinajstić information content (AvgIpc) is 2.42. The highest BCUT2D eigenvalue weighted by Gasteiger charge is 2.17. The zero-order valence-corrected chi connectivity index (χ0v) is 13.0. The van der Waals surface area contributed by atoms with Crippen molar-refractivity contribution in [1.82, 2.24) is 0 Å². The molecule has 0 spiro atoms. The van der Waals surface area contributed by atoms with Crippen LogP contribution in [-0.4, -0.2) is 15.5 Å². The molecule has 2 aromatic rings. The lowest BCUT2D eigenvalue weighted by molar-refractivity contribution is 0.414. The summed E-state index contributed by atoms with van der Waals surface area (Å²) in [6, 6.07) is 9.87. The maximum atomic E-state index is 12.4. The second-order valence-electron chi connectivity index (χ2n) is 4.81. The number of rotatable bonds is 4. The van der Waals surface area contributed by atoms with Crippen molar-refractivity contribution in [2.45, 2.75) is 18.7 Å². The third-order valence-corrected chi connectivity index (χ3v) is 4.74. The first-order valence-electron chi connectivity index (χ1n) is 6.37. The number of nitrogens with one attached hydrogen (secondary N) is 1. The van der Waals surface area contributed by atoms with Gasteiger partial charge in [-0.15, -0.1) is 0 Å². The molecule has 0 radical (unpaired) electrons. The molecule has 0 aliphatic rings. The van der Waals surface area contributed by atoms with Gasteiger partial charge in [0, 0.05) is 5.69 Å². The summed E-state index contributed by atoms with van der Waals surface area (Å²) < 4.78 is 32.5. The molecule has 0 atom stereocenters. The Morgan fingerprint density at radius 1 is 1.05 bits per heavy atom. The Hall–Kier alpha value is -2.21. The lowest BCUT2D eigenvalue weighted by atomic mass is 10.2. The Morgan fingerprint density at radius 2 is 1.76 bits per heavy atom. The number of nitrogens with two attached hydrogens (primary N) is 1. The van der Waals surface area contributed by atoms with Crippen LogP contribution in [0.15, 0.2) is 41.3 Å². The van der Waals surface area contributed by atoms with E-state index < -0.39 is 10.0 Å². The van der Waals surface area contributed by atoms with Gasteiger partial charge in [-0.3, -0.25) is 4.72 Å². The largest absolute Gasteiger partial charge is 0.497 e. The first-order valence-corrected chi connectivity index (χ1v) is 7.85. The molecule has 0 aliphatic carbocycles. The van der Waals surface area contributed by atoms with E-state index >= 15 is 0 Å². The maximum absolute atomic E-state index is 12.4. The normalized spacial score (nSPS) is 11.2. The summed E-state index contributed by atoms with van der Waals surface area (Å²) >= 11 is 0. The predicted molar refractivity (Wildman–Crippen MR) is 84.1 cm³/mol. The summed E-state index contributed by atoms with van der Waals surface area (Å²) in [4.78, 5) is 0.211. The maximum Gasteiger partial charge on any atom is 0.262 e. The van der Waals surface area contributed by atoms with E-state index in [9.17, 15) is 8.42 Å². The Labute approximate surface area is 124 Å². The summed E-state index contributed by atoms with van der Waals surface area (Å²) in [5.74, 6) is 0.617. The summed E-state index contributed by atoms with van der Waals surface area (Å²) in [5, 5.41) is 0. The van der Waals surface area contributed by atoms with Gasteiger partial charge < -0.3 is 10.5 Å². The van der Waals surface area contributed by atoms with Crippen molar-refractivity contribution < 1.29 is 13.2 Å². The van der Waals surface area contributed by atoms with E-state index in [0.29, 0.717) is 22.7 Å². The first-order chi connectivity index (χ1) is 9.83. The van der Waals surface area contributed by atoms with Gasteiger partial charge in [-0.05, 0) is 55.3 Å². The van der Waals surface area contributed by atoms with E-state index in [4.69, 9.17) is 10.5 Å². The van der Waals surface area contributed by atoms with E-state index in [0.717, 1.165) is 5.56 Å². The minimum absolute atomic E-state index is 0.211. The fraction of sp³-hybridized carbons (Fsp3) is 0.200. The van der Waals surface area contributed by atoms with Crippen LogP contribution in [0.25, 0.3) is 0 Å². The number of benzene rings is 2. The molecule has 5 nitrogen and oxygen atoms in total. The van der Waals surface area contributed by atoms with Gasteiger partial charge in [0.1, 0.15) is 5.75 Å². The van der Waals surface area contributed by atoms with Crippen molar-refractivity contribution in [2.75, 3.05) is 17.6 Å². The van der Waals surface area contributed by atoms with Gasteiger partial charge in [-0.1, -0.05) is 6.07 Å². The Bertz CT molecular complexity index is 770. The average molecular weight is 306 g/mol. The molecule has 0 aromatic heterocycles. The van der Waals surface area contributed by atoms with Crippen LogP contribution in [-0.2, 0) is 10.0 Å². The lowest BCUT2D eigenvalue weighted by Crippen LogP contribution is -2.14. The molecule has 6 heteroatoms. The van der Waals surface area contributed by atoms with Crippen LogP contribution in [0.2, 0.25) is 0 Å². The summed E-state index contributed by atoms with van der Waals surface area (Å²) in [6.07, 6.45) is 0. The molecule has 21 heavy (non-hydrogen) atoms. The molecule has 0 aliphatic heterocycles. The Kier molecular flexibility index (Phi) is 4.09. The summed E-state index contributed by atoms with van der Waals surface area (Å²) in [7, 11) is -2.12. The Morgan fingerprint density at radius 3 is 2.33 bits per heavy atom. The monoisotopic (exact) mass is 306 g/mol. The number of aryl methyl sites for hydroxylation is 2. The summed E-state index contributed by atoms with van der Waals surface area (Å²) in [6.45, 7) is 3.59. The van der Waals surface area contributed by atoms with Crippen LogP contribution in [0.1, 0.15) is 11.1 Å². The minimum Gasteiger partial charge on any atom is -0.497 e. The second kappa shape index (κ2) is 5.65. The number of hydrogen-bond donors (Lipinski definition) is 2. The van der Waals surface area contributed by atoms with Gasteiger partial charge in [-0.2, -0.15) is 0 Å². The van der Waals surface area contributed by atoms with Gasteiger partial charge in [0.2, 0.25) is 0 Å². The van der Waals surface area contributed by atoms with E-state index in [1.807, 2.05) is 6.92 Å². The molecule has 2 aromatic carbocycles. The molecular weight excluding hydrogens is 288 g/mol. The topological polar surface area (TPSA) is 81.4 Å². The Balaban J connectivity index is 2.36. The van der Waals surface area contributed by atoms with Crippen LogP contribution in [0.4, 0.5) is 11.4 Å². The fourth-order valence-corrected chi connectivity index (χ4v) is 3.24. The van der Waals surface area contributed by atoms with E-state index in [1.54, 1.807) is 37.3 Å². The molecule has 0 bridgehead atoms. The molecule has 0 saturated heterocycles. The van der Waals surface area contributed by atoms with E-state index in [2.05, 4.69) is 4.72 Å². The smallest absolute Gasteiger partial charge is 0.262 e. The minimum atomic E-state index is -3.66. The second-order valence-corrected chi connectivity index (χ2v) is 6.46. The molecule has 0 fully saturated rings. The molecular formula is C15H18N2O3S. The zero-order chi connectivity index (χ0) is 15.6.